The molecule has 0 saturated heterocycles. The molecule has 0 saturated carbocycles. The summed E-state index contributed by atoms with van der Waals surface area (Å²) >= 11 is 0. The molecule has 1 nitrogen and oxygen atoms in total. The highest BCUT2D eigenvalue weighted by atomic mass is 19.2. The molecule has 0 heterocycles. The smallest absolute Gasteiger partial charge is 0.159 e. The first-order valence-electron chi connectivity index (χ1n) is 4.75. The van der Waals surface area contributed by atoms with Gasteiger partial charge < -0.3 is 5.73 Å². The number of nitrogens with two attached hydrogens (primary N) is 1. The molecule has 0 bridgehead atoms. The lowest BCUT2D eigenvalue weighted by molar-refractivity contribution is 0.504. The minimum atomic E-state index is -0.857. The van der Waals surface area contributed by atoms with Crippen molar-refractivity contribution in [1.29, 1.82) is 0 Å². The summed E-state index contributed by atoms with van der Waals surface area (Å²) in [6.07, 6.45) is 1.31. The molecule has 15 heavy (non-hydrogen) atoms. The van der Waals surface area contributed by atoms with Gasteiger partial charge in [0.15, 0.2) is 11.6 Å². The molecule has 0 aliphatic heterocycles. The number of benzene rings is 1. The van der Waals surface area contributed by atoms with Crippen LogP contribution >= 0.6 is 0 Å². The quantitative estimate of drug-likeness (QED) is 0.761. The summed E-state index contributed by atoms with van der Waals surface area (Å²) in [5.74, 6) is 3.93. The van der Waals surface area contributed by atoms with Crippen LogP contribution in [0.15, 0.2) is 18.2 Å². The molecular formula is C12H13F2N. The van der Waals surface area contributed by atoms with Gasteiger partial charge in [0.2, 0.25) is 0 Å². The molecule has 0 fully saturated rings. The number of hydrogen-bond acceptors (Lipinski definition) is 1. The zero-order chi connectivity index (χ0) is 11.3. The molecule has 0 radical (unpaired) electrons. The van der Waals surface area contributed by atoms with Crippen molar-refractivity contribution in [3.63, 3.8) is 0 Å². The average Bonchev–Trinajstić information content (AvgIpc) is 2.22. The molecule has 2 N–H and O–H groups in total. The van der Waals surface area contributed by atoms with Crippen LogP contribution < -0.4 is 5.73 Å². The molecular weight excluding hydrogens is 196 g/mol. The van der Waals surface area contributed by atoms with Gasteiger partial charge in [-0.15, -0.1) is 11.8 Å². The minimum absolute atomic E-state index is 0.291. The van der Waals surface area contributed by atoms with Gasteiger partial charge in [0.05, 0.1) is 0 Å². The zero-order valence-electron chi connectivity index (χ0n) is 8.56. The molecule has 1 rings (SSSR count). The van der Waals surface area contributed by atoms with Crippen molar-refractivity contribution < 1.29 is 8.78 Å². The molecule has 3 heteroatoms. The summed E-state index contributed by atoms with van der Waals surface area (Å²) in [4.78, 5) is 0. The summed E-state index contributed by atoms with van der Waals surface area (Å²) in [5.41, 5.74) is 6.40. The summed E-state index contributed by atoms with van der Waals surface area (Å²) in [5, 5.41) is 0. The maximum atomic E-state index is 12.9. The predicted octanol–water partition coefficient (Wildman–Crippen LogP) is 2.77. The van der Waals surface area contributed by atoms with Gasteiger partial charge in [0.25, 0.3) is 0 Å². The van der Waals surface area contributed by atoms with Gasteiger partial charge in [0.1, 0.15) is 0 Å². The Bertz CT molecular complexity index is 390. The fraction of sp³-hybridized carbons (Fsp3) is 0.333. The van der Waals surface area contributed by atoms with E-state index in [1.54, 1.807) is 6.92 Å². The van der Waals surface area contributed by atoms with E-state index < -0.39 is 11.6 Å². The Labute approximate surface area is 88.3 Å². The van der Waals surface area contributed by atoms with E-state index in [-0.39, 0.29) is 6.04 Å². The molecule has 1 unspecified atom stereocenters. The molecule has 0 spiro atoms. The molecule has 0 amide bonds. The van der Waals surface area contributed by atoms with Crippen LogP contribution in [0, 0.1) is 23.5 Å². The monoisotopic (exact) mass is 209 g/mol. The van der Waals surface area contributed by atoms with Gasteiger partial charge in [-0.3, -0.25) is 0 Å². The third kappa shape index (κ3) is 3.34. The first kappa shape index (κ1) is 11.7. The van der Waals surface area contributed by atoms with E-state index in [1.165, 1.54) is 6.07 Å². The van der Waals surface area contributed by atoms with Crippen molar-refractivity contribution in [2.45, 2.75) is 25.8 Å². The van der Waals surface area contributed by atoms with Gasteiger partial charge in [-0.05, 0) is 31.0 Å². The summed E-state index contributed by atoms with van der Waals surface area (Å²) in [7, 11) is 0. The van der Waals surface area contributed by atoms with Crippen molar-refractivity contribution in [1.82, 2.24) is 0 Å². The average molecular weight is 209 g/mol. The lowest BCUT2D eigenvalue weighted by Gasteiger charge is -2.10. The van der Waals surface area contributed by atoms with Crippen LogP contribution in [0.25, 0.3) is 0 Å². The van der Waals surface area contributed by atoms with Gasteiger partial charge >= 0.3 is 0 Å². The van der Waals surface area contributed by atoms with Gasteiger partial charge in [-0.25, -0.2) is 8.78 Å². The first-order chi connectivity index (χ1) is 7.15. The molecule has 1 aromatic rings. The molecule has 0 aliphatic rings. The van der Waals surface area contributed by atoms with Crippen LogP contribution in [0.2, 0.25) is 0 Å². The maximum Gasteiger partial charge on any atom is 0.159 e. The van der Waals surface area contributed by atoms with E-state index >= 15 is 0 Å². The van der Waals surface area contributed by atoms with Crippen LogP contribution in [0.3, 0.4) is 0 Å². The molecule has 1 aromatic carbocycles. The highest BCUT2D eigenvalue weighted by Crippen LogP contribution is 2.17. The van der Waals surface area contributed by atoms with Crippen molar-refractivity contribution in [3.05, 3.63) is 35.4 Å². The Morgan fingerprint density at radius 1 is 1.33 bits per heavy atom. The van der Waals surface area contributed by atoms with E-state index in [9.17, 15) is 8.78 Å². The molecule has 0 aromatic heterocycles. The summed E-state index contributed by atoms with van der Waals surface area (Å²) < 4.78 is 25.5. The third-order valence-electron chi connectivity index (χ3n) is 2.13. The summed E-state index contributed by atoms with van der Waals surface area (Å²) in [6, 6.07) is 3.44. The molecule has 0 aliphatic carbocycles. The topological polar surface area (TPSA) is 26.0 Å². The lowest BCUT2D eigenvalue weighted by Crippen LogP contribution is -2.10. The van der Waals surface area contributed by atoms with E-state index in [4.69, 9.17) is 5.73 Å². The second-order valence-electron chi connectivity index (χ2n) is 3.25. The number of halogens is 2. The van der Waals surface area contributed by atoms with Crippen molar-refractivity contribution >= 4 is 0 Å². The van der Waals surface area contributed by atoms with Crippen molar-refractivity contribution in [3.8, 4) is 11.8 Å². The Balaban J connectivity index is 2.68. The largest absolute Gasteiger partial charge is 0.324 e. The fourth-order valence-corrected chi connectivity index (χ4v) is 1.26. The van der Waals surface area contributed by atoms with E-state index in [0.29, 0.717) is 18.4 Å². The normalized spacial score (nSPS) is 11.7. The molecule has 80 valence electrons. The van der Waals surface area contributed by atoms with E-state index in [0.717, 1.165) is 12.1 Å². The van der Waals surface area contributed by atoms with Crippen molar-refractivity contribution in [2.24, 2.45) is 5.73 Å². The lowest BCUT2D eigenvalue weighted by atomic mass is 10.0. The van der Waals surface area contributed by atoms with Crippen molar-refractivity contribution in [2.75, 3.05) is 0 Å². The van der Waals surface area contributed by atoms with Crippen LogP contribution in [-0.2, 0) is 0 Å². The first-order valence-corrected chi connectivity index (χ1v) is 4.75. The van der Waals surface area contributed by atoms with Crippen LogP contribution in [-0.4, -0.2) is 0 Å². The second kappa shape index (κ2) is 5.47. The maximum absolute atomic E-state index is 12.9. The highest BCUT2D eigenvalue weighted by molar-refractivity contribution is 5.21. The van der Waals surface area contributed by atoms with E-state index in [2.05, 4.69) is 11.8 Å². The Morgan fingerprint density at radius 3 is 2.67 bits per heavy atom. The van der Waals surface area contributed by atoms with Gasteiger partial charge in [-0.2, -0.15) is 0 Å². The summed E-state index contributed by atoms with van der Waals surface area (Å²) in [6.45, 7) is 1.75. The Morgan fingerprint density at radius 2 is 2.07 bits per heavy atom. The van der Waals surface area contributed by atoms with E-state index in [1.807, 2.05) is 0 Å². The predicted molar refractivity (Wildman–Crippen MR) is 56.0 cm³/mol. The highest BCUT2D eigenvalue weighted by Gasteiger charge is 2.08. The Hall–Kier alpha value is -1.40. The SMILES string of the molecule is CC#CCCC(N)c1ccc(F)c(F)c1. The third-order valence-corrected chi connectivity index (χ3v) is 2.13. The van der Waals surface area contributed by atoms with Gasteiger partial charge in [0, 0.05) is 12.5 Å². The van der Waals surface area contributed by atoms with Crippen LogP contribution in [0.1, 0.15) is 31.4 Å². The molecule has 1 atom stereocenters. The van der Waals surface area contributed by atoms with Crippen LogP contribution in [0.5, 0.6) is 0 Å². The zero-order valence-corrected chi connectivity index (χ0v) is 8.56. The fourth-order valence-electron chi connectivity index (χ4n) is 1.26. The second-order valence-corrected chi connectivity index (χ2v) is 3.25. The minimum Gasteiger partial charge on any atom is -0.324 e. The standard InChI is InChI=1S/C12H13F2N/c1-2-3-4-5-12(15)9-6-7-10(13)11(14)8-9/h6-8,12H,4-5,15H2,1H3. The number of hydrogen-bond donors (Lipinski definition) is 1. The van der Waals surface area contributed by atoms with Gasteiger partial charge in [-0.1, -0.05) is 6.07 Å². The Kier molecular flexibility index (Phi) is 4.26. The van der Waals surface area contributed by atoms with Crippen LogP contribution in [0.4, 0.5) is 8.78 Å². The number of rotatable bonds is 3.